The topological polar surface area (TPSA) is 30.5 Å². The average Bonchev–Trinajstić information content (AvgIpc) is 2.30. The first-order chi connectivity index (χ1) is 7.75. The summed E-state index contributed by atoms with van der Waals surface area (Å²) in [7, 11) is 0. The van der Waals surface area contributed by atoms with Crippen molar-refractivity contribution in [2.24, 2.45) is 0 Å². The summed E-state index contributed by atoms with van der Waals surface area (Å²) in [5, 5.41) is 3.25. The number of benzene rings is 1. The second-order valence-electron chi connectivity index (χ2n) is 3.53. The van der Waals surface area contributed by atoms with Crippen molar-refractivity contribution in [3.8, 4) is 5.75 Å². The van der Waals surface area contributed by atoms with E-state index in [9.17, 15) is 8.78 Å². The molecule has 1 saturated heterocycles. The maximum atomic E-state index is 12.0. The highest BCUT2D eigenvalue weighted by atomic mass is 35.5. The minimum absolute atomic E-state index is 0. The summed E-state index contributed by atoms with van der Waals surface area (Å²) >= 11 is 0. The summed E-state index contributed by atoms with van der Waals surface area (Å²) in [4.78, 5) is 0. The number of nitrogens with one attached hydrogen (secondary N) is 1. The van der Waals surface area contributed by atoms with E-state index < -0.39 is 6.61 Å². The first-order valence-electron chi connectivity index (χ1n) is 5.11. The van der Waals surface area contributed by atoms with E-state index in [1.54, 1.807) is 12.1 Å². The molecular weight excluding hydrogens is 252 g/mol. The fraction of sp³-hybridized carbons (Fsp3) is 0.455. The Morgan fingerprint density at radius 3 is 2.88 bits per heavy atom. The second-order valence-corrected chi connectivity index (χ2v) is 3.53. The lowest BCUT2D eigenvalue weighted by molar-refractivity contribution is -0.0499. The minimum Gasteiger partial charge on any atom is -0.435 e. The Balaban J connectivity index is 0.00000144. The molecule has 0 aliphatic carbocycles. The first-order valence-corrected chi connectivity index (χ1v) is 5.11. The molecule has 0 spiro atoms. The van der Waals surface area contributed by atoms with Gasteiger partial charge < -0.3 is 14.8 Å². The maximum absolute atomic E-state index is 12.0. The molecule has 1 aromatic carbocycles. The molecule has 0 aromatic heterocycles. The third-order valence-electron chi connectivity index (χ3n) is 2.41. The lowest BCUT2D eigenvalue weighted by Gasteiger charge is -2.24. The molecule has 1 heterocycles. The van der Waals surface area contributed by atoms with Crippen LogP contribution in [0, 0.1) is 0 Å². The van der Waals surface area contributed by atoms with Crippen molar-refractivity contribution < 1.29 is 18.3 Å². The van der Waals surface area contributed by atoms with Crippen LogP contribution in [0.5, 0.6) is 5.75 Å². The van der Waals surface area contributed by atoms with Gasteiger partial charge in [0.15, 0.2) is 0 Å². The van der Waals surface area contributed by atoms with Crippen molar-refractivity contribution in [3.05, 3.63) is 29.8 Å². The van der Waals surface area contributed by atoms with Crippen LogP contribution in [0.2, 0.25) is 0 Å². The van der Waals surface area contributed by atoms with Gasteiger partial charge in [-0.25, -0.2) is 0 Å². The van der Waals surface area contributed by atoms with Crippen molar-refractivity contribution in [2.45, 2.75) is 12.7 Å². The zero-order valence-electron chi connectivity index (χ0n) is 9.07. The number of ether oxygens (including phenoxy) is 2. The highest BCUT2D eigenvalue weighted by Gasteiger charge is 2.16. The molecule has 0 radical (unpaired) electrons. The second kappa shape index (κ2) is 6.74. The third-order valence-corrected chi connectivity index (χ3v) is 2.41. The zero-order chi connectivity index (χ0) is 11.4. The van der Waals surface area contributed by atoms with Gasteiger partial charge in [-0.3, -0.25) is 0 Å². The van der Waals surface area contributed by atoms with Gasteiger partial charge in [-0.15, -0.1) is 12.4 Å². The lowest BCUT2D eigenvalue weighted by Crippen LogP contribution is -2.34. The Bertz CT molecular complexity index is 346. The first kappa shape index (κ1) is 14.2. The summed E-state index contributed by atoms with van der Waals surface area (Å²) in [6, 6.07) is 6.74. The normalized spacial score (nSPS) is 19.8. The van der Waals surface area contributed by atoms with E-state index in [0.29, 0.717) is 13.2 Å². The van der Waals surface area contributed by atoms with Crippen molar-refractivity contribution in [1.29, 1.82) is 0 Å². The van der Waals surface area contributed by atoms with Crippen LogP contribution in [-0.2, 0) is 4.74 Å². The van der Waals surface area contributed by atoms with Gasteiger partial charge in [0.25, 0.3) is 0 Å². The molecule has 1 aromatic rings. The van der Waals surface area contributed by atoms with E-state index in [1.165, 1.54) is 6.07 Å². The number of alkyl halides is 2. The number of halogens is 3. The van der Waals surface area contributed by atoms with Gasteiger partial charge in [0.05, 0.1) is 19.3 Å². The monoisotopic (exact) mass is 265 g/mol. The number of rotatable bonds is 3. The third kappa shape index (κ3) is 4.11. The van der Waals surface area contributed by atoms with Crippen LogP contribution in [0.4, 0.5) is 8.78 Å². The molecule has 3 nitrogen and oxygen atoms in total. The van der Waals surface area contributed by atoms with E-state index in [4.69, 9.17) is 4.74 Å². The van der Waals surface area contributed by atoms with Crippen molar-refractivity contribution >= 4 is 12.4 Å². The molecule has 0 saturated carbocycles. The standard InChI is InChI=1S/C11H13F2NO2.ClH/c12-11(13)16-9-3-1-2-8(6-9)10-7-15-5-4-14-10;/h1-3,6,10-11,14H,4-5,7H2;1H/t10-;/m1./s1. The Morgan fingerprint density at radius 1 is 1.41 bits per heavy atom. The van der Waals surface area contributed by atoms with Gasteiger partial charge >= 0.3 is 6.61 Å². The van der Waals surface area contributed by atoms with Crippen LogP contribution in [0.25, 0.3) is 0 Å². The Labute approximate surface area is 105 Å². The molecule has 2 rings (SSSR count). The van der Waals surface area contributed by atoms with Crippen molar-refractivity contribution in [2.75, 3.05) is 19.8 Å². The largest absolute Gasteiger partial charge is 0.435 e. The van der Waals surface area contributed by atoms with Crippen LogP contribution in [0.15, 0.2) is 24.3 Å². The zero-order valence-corrected chi connectivity index (χ0v) is 9.88. The predicted molar refractivity (Wildman–Crippen MR) is 61.9 cm³/mol. The molecule has 17 heavy (non-hydrogen) atoms. The van der Waals surface area contributed by atoms with Crippen LogP contribution in [0.3, 0.4) is 0 Å². The molecule has 0 bridgehead atoms. The SMILES string of the molecule is Cl.FC(F)Oc1cccc([C@H]2COCCN2)c1. The van der Waals surface area contributed by atoms with Crippen LogP contribution >= 0.6 is 12.4 Å². The molecule has 6 heteroatoms. The van der Waals surface area contributed by atoms with Crippen molar-refractivity contribution in [1.82, 2.24) is 5.32 Å². The minimum atomic E-state index is -2.79. The van der Waals surface area contributed by atoms with Gasteiger partial charge in [-0.1, -0.05) is 12.1 Å². The highest BCUT2D eigenvalue weighted by Crippen LogP contribution is 2.22. The average molecular weight is 266 g/mol. The van der Waals surface area contributed by atoms with E-state index in [1.807, 2.05) is 6.07 Å². The van der Waals surface area contributed by atoms with Gasteiger partial charge in [0.2, 0.25) is 0 Å². The summed E-state index contributed by atoms with van der Waals surface area (Å²) in [6.45, 7) is -0.780. The van der Waals surface area contributed by atoms with E-state index in [2.05, 4.69) is 10.1 Å². The van der Waals surface area contributed by atoms with Gasteiger partial charge in [-0.2, -0.15) is 8.78 Å². The molecule has 96 valence electrons. The summed E-state index contributed by atoms with van der Waals surface area (Å²) in [6.07, 6.45) is 0. The van der Waals surface area contributed by atoms with Gasteiger partial charge in [0, 0.05) is 6.54 Å². The molecule has 1 N–H and O–H groups in total. The number of hydrogen-bond donors (Lipinski definition) is 1. The van der Waals surface area contributed by atoms with Crippen LogP contribution in [-0.4, -0.2) is 26.4 Å². The number of morpholine rings is 1. The lowest BCUT2D eigenvalue weighted by atomic mass is 10.1. The Hall–Kier alpha value is -0.910. The van der Waals surface area contributed by atoms with Crippen LogP contribution in [0.1, 0.15) is 11.6 Å². The van der Waals surface area contributed by atoms with E-state index in [0.717, 1.165) is 12.1 Å². The van der Waals surface area contributed by atoms with Gasteiger partial charge in [0.1, 0.15) is 5.75 Å². The van der Waals surface area contributed by atoms with Crippen LogP contribution < -0.4 is 10.1 Å². The van der Waals surface area contributed by atoms with Gasteiger partial charge in [-0.05, 0) is 17.7 Å². The summed E-state index contributed by atoms with van der Waals surface area (Å²) < 4.78 is 33.7. The molecule has 1 atom stereocenters. The predicted octanol–water partition coefficient (Wildman–Crippen LogP) is 2.37. The molecule has 1 aliphatic rings. The number of hydrogen-bond acceptors (Lipinski definition) is 3. The van der Waals surface area contributed by atoms with Crippen molar-refractivity contribution in [3.63, 3.8) is 0 Å². The fourth-order valence-electron chi connectivity index (χ4n) is 1.69. The summed E-state index contributed by atoms with van der Waals surface area (Å²) in [5.41, 5.74) is 0.901. The van der Waals surface area contributed by atoms with E-state index >= 15 is 0 Å². The Morgan fingerprint density at radius 2 is 2.24 bits per heavy atom. The molecule has 1 fully saturated rings. The molecule has 1 aliphatic heterocycles. The molecular formula is C11H14ClF2NO2. The summed E-state index contributed by atoms with van der Waals surface area (Å²) in [5.74, 6) is 0.180. The van der Waals surface area contributed by atoms with E-state index in [-0.39, 0.29) is 24.2 Å². The molecule has 0 amide bonds. The quantitative estimate of drug-likeness (QED) is 0.910. The Kier molecular flexibility index (Phi) is 5.61. The molecule has 0 unspecified atom stereocenters. The maximum Gasteiger partial charge on any atom is 0.387 e. The fourth-order valence-corrected chi connectivity index (χ4v) is 1.69. The highest BCUT2D eigenvalue weighted by molar-refractivity contribution is 5.85. The smallest absolute Gasteiger partial charge is 0.387 e.